The van der Waals surface area contributed by atoms with E-state index in [-0.39, 0.29) is 5.41 Å². The van der Waals surface area contributed by atoms with Gasteiger partial charge in [0.1, 0.15) is 5.01 Å². The molecule has 2 saturated heterocycles. The van der Waals surface area contributed by atoms with Gasteiger partial charge in [-0.3, -0.25) is 4.90 Å². The summed E-state index contributed by atoms with van der Waals surface area (Å²) in [4.78, 5) is 6.79. The maximum atomic E-state index is 12.0. The van der Waals surface area contributed by atoms with E-state index >= 15 is 0 Å². The van der Waals surface area contributed by atoms with Gasteiger partial charge < -0.3 is 4.74 Å². The minimum Gasteiger partial charge on any atom is -0.384 e. The molecule has 0 radical (unpaired) electrons. The van der Waals surface area contributed by atoms with Crippen LogP contribution >= 0.6 is 11.3 Å². The number of hydrogen-bond acceptors (Lipinski definition) is 6. The van der Waals surface area contributed by atoms with Crippen molar-refractivity contribution in [3.05, 3.63) is 16.6 Å². The predicted octanol–water partition coefficient (Wildman–Crippen LogP) is 1.26. The van der Waals surface area contributed by atoms with Crippen LogP contribution in [0.2, 0.25) is 0 Å². The summed E-state index contributed by atoms with van der Waals surface area (Å²) < 4.78 is 30.9. The highest BCUT2D eigenvalue weighted by atomic mass is 32.2. The van der Waals surface area contributed by atoms with E-state index in [0.717, 1.165) is 37.5 Å². The molecule has 6 nitrogen and oxygen atoms in total. The number of aromatic nitrogens is 1. The van der Waals surface area contributed by atoms with Crippen molar-refractivity contribution < 1.29 is 13.2 Å². The summed E-state index contributed by atoms with van der Waals surface area (Å²) in [6.45, 7) is 4.77. The molecule has 8 heteroatoms. The number of ether oxygens (including phenoxy) is 1. The Bertz CT molecular complexity index is 610. The van der Waals surface area contributed by atoms with Gasteiger partial charge in [0.05, 0.1) is 19.4 Å². The zero-order valence-electron chi connectivity index (χ0n) is 13.8. The Labute approximate surface area is 142 Å². The molecule has 0 aliphatic carbocycles. The fourth-order valence-electron chi connectivity index (χ4n) is 3.91. The van der Waals surface area contributed by atoms with Gasteiger partial charge in [-0.05, 0) is 31.3 Å². The molecular weight excluding hydrogens is 334 g/mol. The molecule has 0 saturated carbocycles. The lowest BCUT2D eigenvalue weighted by atomic mass is 9.71. The normalized spacial score (nSPS) is 26.1. The number of thiazole rings is 1. The Morgan fingerprint density at radius 1 is 1.43 bits per heavy atom. The molecule has 130 valence electrons. The maximum absolute atomic E-state index is 12.0. The lowest BCUT2D eigenvalue weighted by Crippen LogP contribution is -2.45. The third-order valence-electron chi connectivity index (χ3n) is 5.31. The lowest BCUT2D eigenvalue weighted by Gasteiger charge is -2.42. The zero-order chi connectivity index (χ0) is 16.5. The predicted molar refractivity (Wildman–Crippen MR) is 90.8 cm³/mol. The van der Waals surface area contributed by atoms with Crippen LogP contribution in [-0.4, -0.2) is 68.8 Å². The number of methoxy groups -OCH3 is 1. The van der Waals surface area contributed by atoms with E-state index in [0.29, 0.717) is 25.6 Å². The van der Waals surface area contributed by atoms with E-state index in [1.165, 1.54) is 6.26 Å². The summed E-state index contributed by atoms with van der Waals surface area (Å²) in [7, 11) is -1.43. The number of rotatable bonds is 5. The van der Waals surface area contributed by atoms with Crippen LogP contribution in [-0.2, 0) is 21.3 Å². The van der Waals surface area contributed by atoms with Crippen LogP contribution in [0.25, 0.3) is 0 Å². The van der Waals surface area contributed by atoms with Crippen LogP contribution in [0.3, 0.4) is 0 Å². The van der Waals surface area contributed by atoms with Crippen molar-refractivity contribution in [3.63, 3.8) is 0 Å². The molecule has 0 amide bonds. The van der Waals surface area contributed by atoms with Crippen LogP contribution < -0.4 is 0 Å². The van der Waals surface area contributed by atoms with Gasteiger partial charge in [0.25, 0.3) is 0 Å². The minimum atomic E-state index is -3.13. The van der Waals surface area contributed by atoms with Crippen LogP contribution in [0.4, 0.5) is 0 Å². The first-order valence-electron chi connectivity index (χ1n) is 7.98. The average Bonchev–Trinajstić information content (AvgIpc) is 3.11. The first kappa shape index (κ1) is 17.3. The van der Waals surface area contributed by atoms with Crippen molar-refractivity contribution in [2.75, 3.05) is 46.2 Å². The Kier molecular flexibility index (Phi) is 5.08. The van der Waals surface area contributed by atoms with Gasteiger partial charge in [0.15, 0.2) is 0 Å². The molecular formula is C15H25N3O3S2. The number of sulfonamides is 1. The number of nitrogens with zero attached hydrogens (tertiary/aromatic N) is 3. The van der Waals surface area contributed by atoms with Crippen LogP contribution in [0, 0.1) is 11.3 Å². The van der Waals surface area contributed by atoms with E-state index in [4.69, 9.17) is 4.74 Å². The SMILES string of the molecule is COCC1CN(S(C)(=O)=O)CC12CCN(Cc1nccs1)CC2. The Morgan fingerprint density at radius 2 is 2.17 bits per heavy atom. The monoisotopic (exact) mass is 359 g/mol. The lowest BCUT2D eigenvalue weighted by molar-refractivity contribution is 0.0357. The quantitative estimate of drug-likeness (QED) is 0.792. The van der Waals surface area contributed by atoms with E-state index in [9.17, 15) is 8.42 Å². The molecule has 1 spiro atoms. The fourth-order valence-corrected chi connectivity index (χ4v) is 5.51. The maximum Gasteiger partial charge on any atom is 0.211 e. The van der Waals surface area contributed by atoms with Crippen molar-refractivity contribution in [2.45, 2.75) is 19.4 Å². The van der Waals surface area contributed by atoms with Crippen molar-refractivity contribution in [2.24, 2.45) is 11.3 Å². The van der Waals surface area contributed by atoms with Crippen LogP contribution in [0.15, 0.2) is 11.6 Å². The number of likely N-dealkylation sites (tertiary alicyclic amines) is 1. The molecule has 1 aromatic heterocycles. The molecule has 2 aliphatic heterocycles. The first-order chi connectivity index (χ1) is 10.9. The Hall–Kier alpha value is -0.540. The number of hydrogen-bond donors (Lipinski definition) is 0. The van der Waals surface area contributed by atoms with Crippen LogP contribution in [0.1, 0.15) is 17.8 Å². The molecule has 2 fully saturated rings. The van der Waals surface area contributed by atoms with Crippen molar-refractivity contribution in [1.29, 1.82) is 0 Å². The highest BCUT2D eigenvalue weighted by Gasteiger charge is 2.50. The fraction of sp³-hybridized carbons (Fsp3) is 0.800. The first-order valence-corrected chi connectivity index (χ1v) is 10.7. The molecule has 0 bridgehead atoms. The molecule has 2 aliphatic rings. The smallest absolute Gasteiger partial charge is 0.211 e. The van der Waals surface area contributed by atoms with Gasteiger partial charge in [-0.15, -0.1) is 11.3 Å². The standard InChI is InChI=1S/C15H25N3O3S2/c1-21-11-13-9-18(23(2,19)20)12-15(13)3-6-17(7-4-15)10-14-16-5-8-22-14/h5,8,13H,3-4,6-7,9-12H2,1-2H3. The third-order valence-corrected chi connectivity index (χ3v) is 7.29. The minimum absolute atomic E-state index is 0.0679. The largest absolute Gasteiger partial charge is 0.384 e. The molecule has 3 rings (SSSR count). The highest BCUT2D eigenvalue weighted by molar-refractivity contribution is 7.88. The Balaban J connectivity index is 1.66. The van der Waals surface area contributed by atoms with Crippen LogP contribution in [0.5, 0.6) is 0 Å². The van der Waals surface area contributed by atoms with Gasteiger partial charge in [-0.25, -0.2) is 17.7 Å². The van der Waals surface area contributed by atoms with Crippen molar-refractivity contribution >= 4 is 21.4 Å². The second-order valence-electron chi connectivity index (χ2n) is 6.77. The summed E-state index contributed by atoms with van der Waals surface area (Å²) >= 11 is 1.69. The summed E-state index contributed by atoms with van der Waals surface area (Å²) in [6.07, 6.45) is 5.21. The number of piperidine rings is 1. The summed E-state index contributed by atoms with van der Waals surface area (Å²) in [5.74, 6) is 0.296. The van der Waals surface area contributed by atoms with Gasteiger partial charge in [-0.1, -0.05) is 0 Å². The molecule has 0 N–H and O–H groups in total. The van der Waals surface area contributed by atoms with Crippen molar-refractivity contribution in [3.8, 4) is 0 Å². The van der Waals surface area contributed by atoms with E-state index in [1.807, 2.05) is 11.6 Å². The van der Waals surface area contributed by atoms with E-state index in [1.54, 1.807) is 22.8 Å². The topological polar surface area (TPSA) is 62.7 Å². The molecule has 3 heterocycles. The zero-order valence-corrected chi connectivity index (χ0v) is 15.4. The Morgan fingerprint density at radius 3 is 2.74 bits per heavy atom. The van der Waals surface area contributed by atoms with Gasteiger partial charge >= 0.3 is 0 Å². The van der Waals surface area contributed by atoms with Crippen molar-refractivity contribution in [1.82, 2.24) is 14.2 Å². The second kappa shape index (κ2) is 6.76. The van der Waals surface area contributed by atoms with E-state index < -0.39 is 10.0 Å². The summed E-state index contributed by atoms with van der Waals surface area (Å²) in [6, 6.07) is 0. The molecule has 1 aromatic rings. The molecule has 0 aromatic carbocycles. The third kappa shape index (κ3) is 3.76. The summed E-state index contributed by atoms with van der Waals surface area (Å²) in [5, 5.41) is 3.16. The highest BCUT2D eigenvalue weighted by Crippen LogP contribution is 2.45. The van der Waals surface area contributed by atoms with Gasteiger partial charge in [0.2, 0.25) is 10.0 Å². The van der Waals surface area contributed by atoms with E-state index in [2.05, 4.69) is 9.88 Å². The molecule has 1 unspecified atom stereocenters. The second-order valence-corrected chi connectivity index (χ2v) is 9.73. The average molecular weight is 360 g/mol. The summed E-state index contributed by atoms with van der Waals surface area (Å²) in [5.41, 5.74) is 0.0679. The molecule has 23 heavy (non-hydrogen) atoms. The molecule has 1 atom stereocenters. The van der Waals surface area contributed by atoms with Gasteiger partial charge in [-0.2, -0.15) is 0 Å². The van der Waals surface area contributed by atoms with Gasteiger partial charge in [0, 0.05) is 37.7 Å².